The molecule has 2 aromatic carbocycles. The van der Waals surface area contributed by atoms with Gasteiger partial charge in [-0.1, -0.05) is 12.1 Å². The Bertz CT molecular complexity index is 1250. The molecule has 0 bridgehead atoms. The lowest BCUT2D eigenvalue weighted by molar-refractivity contribution is 0.340. The van der Waals surface area contributed by atoms with E-state index in [1.165, 1.54) is 6.26 Å². The summed E-state index contributed by atoms with van der Waals surface area (Å²) in [6.07, 6.45) is 2.87. The summed E-state index contributed by atoms with van der Waals surface area (Å²) in [6, 6.07) is 18.3. The zero-order chi connectivity index (χ0) is 19.7. The predicted octanol–water partition coefficient (Wildman–Crippen LogP) is 3.87. The molecule has 6 nitrogen and oxygen atoms in total. The monoisotopic (exact) mass is 393 g/mol. The van der Waals surface area contributed by atoms with Crippen LogP contribution in [-0.2, 0) is 9.84 Å². The van der Waals surface area contributed by atoms with Crippen molar-refractivity contribution in [2.45, 2.75) is 11.8 Å². The first-order valence-corrected chi connectivity index (χ1v) is 10.7. The lowest BCUT2D eigenvalue weighted by Crippen LogP contribution is -1.97. The average Bonchev–Trinajstić information content (AvgIpc) is 3.08. The van der Waals surface area contributed by atoms with Gasteiger partial charge >= 0.3 is 0 Å². The van der Waals surface area contributed by atoms with Crippen molar-refractivity contribution in [1.82, 2.24) is 14.8 Å². The van der Waals surface area contributed by atoms with E-state index in [1.807, 2.05) is 49.4 Å². The summed E-state index contributed by atoms with van der Waals surface area (Å²) >= 11 is 0. The molecule has 4 aromatic rings. The van der Waals surface area contributed by atoms with Gasteiger partial charge in [-0.15, -0.1) is 5.10 Å². The Morgan fingerprint density at radius 1 is 1.00 bits per heavy atom. The van der Waals surface area contributed by atoms with Crippen LogP contribution in [-0.4, -0.2) is 36.1 Å². The van der Waals surface area contributed by atoms with Crippen LogP contribution < -0.4 is 4.74 Å². The number of sulfone groups is 1. The summed E-state index contributed by atoms with van der Waals surface area (Å²) in [7, 11) is -3.32. The number of hydrogen-bond donors (Lipinski definition) is 0. The smallest absolute Gasteiger partial charge is 0.175 e. The van der Waals surface area contributed by atoms with Crippen LogP contribution >= 0.6 is 0 Å². The molecule has 0 saturated heterocycles. The van der Waals surface area contributed by atoms with E-state index in [4.69, 9.17) is 4.74 Å². The second-order valence-electron chi connectivity index (χ2n) is 6.38. The molecule has 4 rings (SSSR count). The summed E-state index contributed by atoms with van der Waals surface area (Å²) in [5, 5.41) is 8.94. The second kappa shape index (κ2) is 7.09. The highest BCUT2D eigenvalue weighted by Crippen LogP contribution is 2.36. The van der Waals surface area contributed by atoms with Crippen LogP contribution in [0.2, 0.25) is 0 Å². The minimum Gasteiger partial charge on any atom is -0.494 e. The van der Waals surface area contributed by atoms with E-state index >= 15 is 0 Å². The summed E-state index contributed by atoms with van der Waals surface area (Å²) in [5.74, 6) is 0.786. The molecule has 7 heteroatoms. The largest absolute Gasteiger partial charge is 0.494 e. The van der Waals surface area contributed by atoms with Gasteiger partial charge in [0.1, 0.15) is 11.4 Å². The van der Waals surface area contributed by atoms with E-state index in [9.17, 15) is 8.42 Å². The lowest BCUT2D eigenvalue weighted by Gasteiger charge is -2.07. The van der Waals surface area contributed by atoms with Crippen LogP contribution in [0.5, 0.6) is 5.75 Å². The van der Waals surface area contributed by atoms with Crippen LogP contribution in [0.4, 0.5) is 0 Å². The molecule has 0 aliphatic carbocycles. The van der Waals surface area contributed by atoms with Crippen molar-refractivity contribution in [2.24, 2.45) is 0 Å². The molecule has 0 unspecified atom stereocenters. The van der Waals surface area contributed by atoms with Crippen LogP contribution in [0.3, 0.4) is 0 Å². The minimum absolute atomic E-state index is 0.269. The Balaban J connectivity index is 1.94. The maximum absolute atomic E-state index is 12.0. The van der Waals surface area contributed by atoms with Crippen molar-refractivity contribution in [1.29, 1.82) is 0 Å². The fourth-order valence-corrected chi connectivity index (χ4v) is 3.81. The average molecular weight is 393 g/mol. The normalized spacial score (nSPS) is 11.6. The van der Waals surface area contributed by atoms with Crippen LogP contribution in [0.25, 0.3) is 27.9 Å². The van der Waals surface area contributed by atoms with Gasteiger partial charge in [-0.05, 0) is 61.0 Å². The van der Waals surface area contributed by atoms with Crippen molar-refractivity contribution < 1.29 is 13.2 Å². The molecular formula is C21H19N3O3S. The topological polar surface area (TPSA) is 73.6 Å². The number of aromatic nitrogens is 3. The molecule has 0 N–H and O–H groups in total. The van der Waals surface area contributed by atoms with E-state index in [1.54, 1.807) is 29.0 Å². The molecule has 0 amide bonds. The van der Waals surface area contributed by atoms with E-state index in [0.29, 0.717) is 6.61 Å². The van der Waals surface area contributed by atoms with Gasteiger partial charge in [-0.25, -0.2) is 8.42 Å². The Kier molecular flexibility index (Phi) is 4.60. The molecule has 142 valence electrons. The van der Waals surface area contributed by atoms with Gasteiger partial charge in [0.15, 0.2) is 9.84 Å². The van der Waals surface area contributed by atoms with Gasteiger partial charge in [0, 0.05) is 23.6 Å². The summed E-state index contributed by atoms with van der Waals surface area (Å²) in [6.45, 7) is 2.54. The lowest BCUT2D eigenvalue weighted by atomic mass is 10.00. The van der Waals surface area contributed by atoms with Crippen LogP contribution in [0.15, 0.2) is 71.8 Å². The van der Waals surface area contributed by atoms with Crippen molar-refractivity contribution in [3.63, 3.8) is 0 Å². The standard InChI is InChI=1S/C21H19N3O3S/c1-3-27-17-11-9-15(10-12-17)21-20(19-8-5-13-22-24(19)23-21)16-6-4-7-18(14-16)28(2,25)26/h4-14H,3H2,1-2H3. The Morgan fingerprint density at radius 3 is 2.50 bits per heavy atom. The Morgan fingerprint density at radius 2 is 1.79 bits per heavy atom. The number of benzene rings is 2. The van der Waals surface area contributed by atoms with Crippen LogP contribution in [0.1, 0.15) is 6.92 Å². The molecule has 0 saturated carbocycles. The van der Waals surface area contributed by atoms with E-state index in [-0.39, 0.29) is 4.90 Å². The highest BCUT2D eigenvalue weighted by atomic mass is 32.2. The summed E-state index contributed by atoms with van der Waals surface area (Å²) in [5.41, 5.74) is 4.04. The summed E-state index contributed by atoms with van der Waals surface area (Å²) in [4.78, 5) is 0.269. The number of nitrogens with zero attached hydrogens (tertiary/aromatic N) is 3. The van der Waals surface area contributed by atoms with Crippen molar-refractivity contribution in [3.8, 4) is 28.1 Å². The molecule has 0 fully saturated rings. The molecule has 0 spiro atoms. The van der Waals surface area contributed by atoms with E-state index in [2.05, 4.69) is 10.2 Å². The molecule has 0 aliphatic rings. The molecule has 2 heterocycles. The second-order valence-corrected chi connectivity index (χ2v) is 8.40. The van der Waals surface area contributed by atoms with Gasteiger partial charge in [0.25, 0.3) is 0 Å². The molecule has 0 atom stereocenters. The predicted molar refractivity (Wildman–Crippen MR) is 108 cm³/mol. The Labute approximate surface area is 163 Å². The Hall–Kier alpha value is -3.19. The quantitative estimate of drug-likeness (QED) is 0.515. The third-order valence-corrected chi connectivity index (χ3v) is 5.52. The minimum atomic E-state index is -3.32. The number of hydrogen-bond acceptors (Lipinski definition) is 5. The van der Waals surface area contributed by atoms with Gasteiger partial charge in [0.2, 0.25) is 0 Å². The van der Waals surface area contributed by atoms with Gasteiger partial charge in [-0.3, -0.25) is 0 Å². The first-order valence-electron chi connectivity index (χ1n) is 8.85. The number of fused-ring (bicyclic) bond motifs is 1. The maximum Gasteiger partial charge on any atom is 0.175 e. The zero-order valence-corrected chi connectivity index (χ0v) is 16.3. The maximum atomic E-state index is 12.0. The number of rotatable bonds is 5. The zero-order valence-electron chi connectivity index (χ0n) is 15.5. The third-order valence-electron chi connectivity index (χ3n) is 4.41. The van der Waals surface area contributed by atoms with Crippen molar-refractivity contribution in [3.05, 3.63) is 66.9 Å². The fraction of sp³-hybridized carbons (Fsp3) is 0.143. The molecule has 0 radical (unpaired) electrons. The molecule has 2 aromatic heterocycles. The van der Waals surface area contributed by atoms with E-state index < -0.39 is 9.84 Å². The highest BCUT2D eigenvalue weighted by Gasteiger charge is 2.18. The molecule has 0 aliphatic heterocycles. The van der Waals surface area contributed by atoms with Crippen molar-refractivity contribution >= 4 is 15.4 Å². The first kappa shape index (κ1) is 18.2. The van der Waals surface area contributed by atoms with Gasteiger partial charge in [-0.2, -0.15) is 9.73 Å². The third kappa shape index (κ3) is 3.36. The van der Waals surface area contributed by atoms with E-state index in [0.717, 1.165) is 33.7 Å². The highest BCUT2D eigenvalue weighted by molar-refractivity contribution is 7.90. The van der Waals surface area contributed by atoms with Gasteiger partial charge < -0.3 is 4.74 Å². The van der Waals surface area contributed by atoms with Crippen molar-refractivity contribution in [2.75, 3.05) is 12.9 Å². The number of ether oxygens (including phenoxy) is 1. The van der Waals surface area contributed by atoms with Crippen LogP contribution in [0, 0.1) is 0 Å². The first-order chi connectivity index (χ1) is 13.5. The molecule has 28 heavy (non-hydrogen) atoms. The fourth-order valence-electron chi connectivity index (χ4n) is 3.14. The molecular weight excluding hydrogens is 374 g/mol. The van der Waals surface area contributed by atoms with Gasteiger partial charge in [0.05, 0.1) is 17.0 Å². The SMILES string of the molecule is CCOc1ccc(-c2nn3ncccc3c2-c2cccc(S(C)(=O)=O)c2)cc1. The summed E-state index contributed by atoms with van der Waals surface area (Å²) < 4.78 is 31.1.